The molecule has 5 rings (SSSR count). The Morgan fingerprint density at radius 3 is 1.83 bits per heavy atom. The summed E-state index contributed by atoms with van der Waals surface area (Å²) in [5, 5.41) is 89.3. The third kappa shape index (κ3) is 9.28. The van der Waals surface area contributed by atoms with Gasteiger partial charge < -0.3 is 41.3 Å². The largest absolute Gasteiger partial charge is 0.502 e. The summed E-state index contributed by atoms with van der Waals surface area (Å²) in [6.07, 6.45) is 0. The second-order valence-electron chi connectivity index (χ2n) is 12.5. The molecule has 0 aliphatic heterocycles. The summed E-state index contributed by atoms with van der Waals surface area (Å²) in [7, 11) is 0. The van der Waals surface area contributed by atoms with E-state index in [0.29, 0.717) is 4.57 Å². The number of hydrogen-bond acceptors (Lipinski definition) is 18. The molecular formula is C37H26ClN13O12. The number of carboxylic acids is 4. The normalized spacial score (nSPS) is 10.9. The van der Waals surface area contributed by atoms with Crippen LogP contribution in [0.1, 0.15) is 58.1 Å². The van der Waals surface area contributed by atoms with E-state index in [-0.39, 0.29) is 34.7 Å². The Kier molecular flexibility index (Phi) is 13.0. The highest BCUT2D eigenvalue weighted by Crippen LogP contribution is 2.36. The van der Waals surface area contributed by atoms with Crippen molar-refractivity contribution < 1.29 is 49.8 Å². The van der Waals surface area contributed by atoms with Gasteiger partial charge in [-0.15, -0.1) is 20.5 Å². The summed E-state index contributed by atoms with van der Waals surface area (Å²) < 4.78 is 1.22. The maximum atomic E-state index is 13.7. The Morgan fingerprint density at radius 2 is 1.33 bits per heavy atom. The van der Waals surface area contributed by atoms with Crippen molar-refractivity contribution >= 4 is 81.6 Å². The molecule has 5 aromatic rings. The second-order valence-corrected chi connectivity index (χ2v) is 12.8. The quantitative estimate of drug-likeness (QED) is 0.0470. The zero-order chi connectivity index (χ0) is 46.4. The minimum Gasteiger partial charge on any atom is -0.502 e. The molecule has 25 nitrogen and oxygen atoms in total. The number of carbonyl (C=O) groups is 4. The monoisotopic (exact) mass is 879 g/mol. The highest BCUT2D eigenvalue weighted by Gasteiger charge is 2.24. The van der Waals surface area contributed by atoms with E-state index in [1.807, 2.05) is 0 Å². The smallest absolute Gasteiger partial charge is 0.337 e. The van der Waals surface area contributed by atoms with Crippen molar-refractivity contribution in [1.29, 1.82) is 5.26 Å². The molecule has 0 bridgehead atoms. The van der Waals surface area contributed by atoms with Crippen LogP contribution in [0.5, 0.6) is 11.8 Å². The highest BCUT2D eigenvalue weighted by atomic mass is 35.5. The van der Waals surface area contributed by atoms with Crippen LogP contribution in [-0.2, 0) is 6.54 Å². The molecule has 0 saturated carbocycles. The summed E-state index contributed by atoms with van der Waals surface area (Å²) in [6, 6.07) is 7.57. The Morgan fingerprint density at radius 1 is 0.810 bits per heavy atom. The number of carboxylic acid groups (broad SMARTS) is 4. The van der Waals surface area contributed by atoms with Crippen molar-refractivity contribution in [3.63, 3.8) is 0 Å². The van der Waals surface area contributed by atoms with Crippen molar-refractivity contribution in [2.75, 3.05) is 17.2 Å². The van der Waals surface area contributed by atoms with Gasteiger partial charge in [0.05, 0.1) is 28.8 Å². The first-order valence-corrected chi connectivity index (χ1v) is 17.6. The number of pyridine rings is 2. The Labute approximate surface area is 355 Å². The minimum absolute atomic E-state index is 0.130. The van der Waals surface area contributed by atoms with Crippen molar-refractivity contribution in [2.24, 2.45) is 20.5 Å². The molecule has 318 valence electrons. The fraction of sp³-hybridized carbons (Fsp3) is 0.108. The van der Waals surface area contributed by atoms with Gasteiger partial charge in [0.25, 0.3) is 16.8 Å². The van der Waals surface area contributed by atoms with Crippen molar-refractivity contribution in [2.45, 2.75) is 20.4 Å². The SMILES string of the molecule is [C-]#[N+]c1c(C)c(N=Nc2cc(C(=O)O)ccc2C(=O)O)c(=O)n(C(=C)Nc2nc(Cl)nc(NCCn3c(O)c(C#N)c(C)c(N=Nc4cc(C(=O)O)ccc4C(=O)O)c3=O)n2)c1O. The number of halogens is 1. The van der Waals surface area contributed by atoms with E-state index >= 15 is 0 Å². The summed E-state index contributed by atoms with van der Waals surface area (Å²) >= 11 is 6.11. The standard InChI is InChI=1S/C37H26ClN13O12/c1-14-21(13-39)27(52)50(28(53)25(14)48-46-22-11-17(31(56)57)5-7-19(22)33(60)61)10-9-41-36-43-35(38)44-37(45-36)42-16(3)51-29(54)24(40-4)15(2)26(30(51)55)49-47-23-12-18(32(58)59)6-8-20(23)34(62)63/h5-8,11-12,52,54H,3,9-10H2,1-2H3,(H,56,57)(H,58,59)(H,60,61)(H,62,63)(H2,41,42,43,44,45). The van der Waals surface area contributed by atoms with Crippen molar-refractivity contribution in [3.05, 3.63) is 119 Å². The van der Waals surface area contributed by atoms with Gasteiger partial charge in [-0.05, 0) is 67.4 Å². The molecule has 3 aromatic heterocycles. The van der Waals surface area contributed by atoms with Crippen LogP contribution in [0.3, 0.4) is 0 Å². The van der Waals surface area contributed by atoms with E-state index in [1.165, 1.54) is 13.8 Å². The van der Waals surface area contributed by atoms with Crippen LogP contribution in [0.2, 0.25) is 5.28 Å². The number of nitriles is 1. The first-order valence-electron chi connectivity index (χ1n) is 17.2. The summed E-state index contributed by atoms with van der Waals surface area (Å²) in [5.74, 6) is -8.63. The van der Waals surface area contributed by atoms with E-state index in [0.717, 1.165) is 41.0 Å². The summed E-state index contributed by atoms with van der Waals surface area (Å²) in [4.78, 5) is 88.8. The van der Waals surface area contributed by atoms with Gasteiger partial charge in [0, 0.05) is 18.7 Å². The first-order chi connectivity index (χ1) is 29.8. The van der Waals surface area contributed by atoms with E-state index in [1.54, 1.807) is 6.07 Å². The van der Waals surface area contributed by atoms with Gasteiger partial charge in [-0.1, -0.05) is 6.58 Å². The number of nitrogens with one attached hydrogen (secondary N) is 2. The molecule has 0 spiro atoms. The topological polar surface area (TPSA) is 374 Å². The molecular weight excluding hydrogens is 854 g/mol. The minimum atomic E-state index is -1.49. The van der Waals surface area contributed by atoms with Crippen LogP contribution in [0.15, 0.2) is 73.0 Å². The Bertz CT molecular complexity index is 3090. The van der Waals surface area contributed by atoms with Gasteiger partial charge in [-0.2, -0.15) is 20.2 Å². The lowest BCUT2D eigenvalue weighted by atomic mass is 10.1. The van der Waals surface area contributed by atoms with Crippen LogP contribution in [0.4, 0.5) is 40.3 Å². The third-order valence-corrected chi connectivity index (χ3v) is 8.81. The molecule has 0 aliphatic rings. The summed E-state index contributed by atoms with van der Waals surface area (Å²) in [5.41, 5.74) is -6.87. The van der Waals surface area contributed by atoms with Gasteiger partial charge in [-0.25, -0.2) is 28.6 Å². The molecule has 2 aromatic carbocycles. The maximum absolute atomic E-state index is 13.7. The number of benzene rings is 2. The molecule has 0 saturated heterocycles. The number of nitrogens with zero attached hydrogens (tertiary/aromatic N) is 11. The zero-order valence-corrected chi connectivity index (χ0v) is 32.8. The van der Waals surface area contributed by atoms with E-state index in [4.69, 9.17) is 18.2 Å². The van der Waals surface area contributed by atoms with Gasteiger partial charge in [-0.3, -0.25) is 14.2 Å². The van der Waals surface area contributed by atoms with E-state index in [2.05, 4.69) is 57.5 Å². The average Bonchev–Trinajstić information content (AvgIpc) is 3.21. The van der Waals surface area contributed by atoms with Crippen molar-refractivity contribution in [1.82, 2.24) is 24.1 Å². The summed E-state index contributed by atoms with van der Waals surface area (Å²) in [6.45, 7) is 13.1. The number of aromatic hydroxyl groups is 2. The fourth-order valence-electron chi connectivity index (χ4n) is 5.53. The lowest BCUT2D eigenvalue weighted by Crippen LogP contribution is -2.26. The molecule has 0 atom stereocenters. The molecule has 26 heteroatoms. The number of aromatic carboxylic acids is 4. The van der Waals surface area contributed by atoms with Crippen LogP contribution in [0.25, 0.3) is 10.7 Å². The van der Waals surface area contributed by atoms with Crippen LogP contribution in [-0.4, -0.2) is 85.1 Å². The molecule has 0 fully saturated rings. The Hall–Kier alpha value is -9.36. The zero-order valence-electron chi connectivity index (χ0n) is 32.0. The molecule has 0 unspecified atom stereocenters. The molecule has 0 radical (unpaired) electrons. The fourth-order valence-corrected chi connectivity index (χ4v) is 5.69. The number of rotatable bonds is 15. The maximum Gasteiger partial charge on any atom is 0.337 e. The Balaban J connectivity index is 1.43. The highest BCUT2D eigenvalue weighted by molar-refractivity contribution is 6.28. The number of azo groups is 2. The van der Waals surface area contributed by atoms with Crippen LogP contribution in [0, 0.1) is 31.8 Å². The number of aromatic nitrogens is 5. The molecule has 0 aliphatic carbocycles. The number of hydrogen-bond donors (Lipinski definition) is 8. The average molecular weight is 880 g/mol. The molecule has 8 N–H and O–H groups in total. The molecule has 63 heavy (non-hydrogen) atoms. The van der Waals surface area contributed by atoms with E-state index in [9.17, 15) is 64.7 Å². The lowest BCUT2D eigenvalue weighted by molar-refractivity contribution is 0.0682. The van der Waals surface area contributed by atoms with Crippen LogP contribution >= 0.6 is 11.6 Å². The predicted octanol–water partition coefficient (Wildman–Crippen LogP) is 5.57. The van der Waals surface area contributed by atoms with E-state index < -0.39 is 115 Å². The predicted molar refractivity (Wildman–Crippen MR) is 217 cm³/mol. The van der Waals surface area contributed by atoms with Gasteiger partial charge >= 0.3 is 23.9 Å². The molecule has 3 heterocycles. The third-order valence-electron chi connectivity index (χ3n) is 8.64. The van der Waals surface area contributed by atoms with Gasteiger partial charge in [0.1, 0.15) is 34.5 Å². The van der Waals surface area contributed by atoms with Crippen molar-refractivity contribution in [3.8, 4) is 17.8 Å². The van der Waals surface area contributed by atoms with Gasteiger partial charge in [0.15, 0.2) is 5.69 Å². The lowest BCUT2D eigenvalue weighted by Gasteiger charge is -2.16. The second kappa shape index (κ2) is 18.3. The first kappa shape index (κ1) is 44.7. The van der Waals surface area contributed by atoms with Gasteiger partial charge in [0.2, 0.25) is 28.9 Å². The van der Waals surface area contributed by atoms with Crippen LogP contribution < -0.4 is 21.8 Å². The number of anilines is 2. The molecule has 0 amide bonds.